The normalized spacial score (nSPS) is 20.5. The van der Waals surface area contributed by atoms with Crippen molar-refractivity contribution in [2.75, 3.05) is 13.1 Å². The number of carbonyl (C=O) groups excluding carboxylic acids is 2. The summed E-state index contributed by atoms with van der Waals surface area (Å²) in [7, 11) is 0. The Morgan fingerprint density at radius 1 is 0.905 bits per heavy atom. The number of ether oxygens (including phenoxy) is 1. The van der Waals surface area contributed by atoms with E-state index < -0.39 is 52.5 Å². The van der Waals surface area contributed by atoms with Crippen molar-refractivity contribution in [1.82, 2.24) is 16.0 Å². The molecule has 1 atom stereocenters. The van der Waals surface area contributed by atoms with Crippen LogP contribution in [-0.2, 0) is 27.4 Å². The van der Waals surface area contributed by atoms with Crippen LogP contribution in [0.2, 0.25) is 0 Å². The van der Waals surface area contributed by atoms with Crippen LogP contribution >= 0.6 is 0 Å². The highest BCUT2D eigenvalue weighted by Crippen LogP contribution is 2.40. The Balaban J connectivity index is 1.72. The Morgan fingerprint density at radius 2 is 1.45 bits per heavy atom. The Bertz CT molecular complexity index is 1190. The van der Waals surface area contributed by atoms with Crippen molar-refractivity contribution in [3.05, 3.63) is 70.8 Å². The van der Waals surface area contributed by atoms with Gasteiger partial charge in [-0.15, -0.1) is 0 Å². The molecule has 3 N–H and O–H groups in total. The SMILES string of the molecule is CC(C(=O)N[C@]1(c2ccccc2)CC[C@@H](NCCNC(=O)OC(C)(C)C)CC1)c1cc(C(F)(F)F)cc(C(F)(F)F)c1. The van der Waals surface area contributed by atoms with E-state index >= 15 is 0 Å². The van der Waals surface area contributed by atoms with Crippen LogP contribution in [0.5, 0.6) is 0 Å². The van der Waals surface area contributed by atoms with E-state index in [9.17, 15) is 35.9 Å². The highest BCUT2D eigenvalue weighted by Gasteiger charge is 2.41. The standard InChI is InChI=1S/C30H37F6N3O3/c1-19(20-16-22(29(31,32)33)18-23(17-20)30(34,35)36)25(40)39-28(21-8-6-5-7-9-21)12-10-24(11-13-28)37-14-15-38-26(41)42-27(2,3)4/h5-9,16-19,24,37H,10-15H2,1-4H3,(H,38,41)(H,39,40)/t19?,24-,28-. The van der Waals surface area contributed by atoms with Crippen LogP contribution in [0.1, 0.15) is 81.5 Å². The molecule has 0 aliphatic heterocycles. The minimum Gasteiger partial charge on any atom is -0.444 e. The number of hydrogen-bond acceptors (Lipinski definition) is 4. The Hall–Kier alpha value is -3.28. The van der Waals surface area contributed by atoms with Crippen LogP contribution in [0.3, 0.4) is 0 Å². The zero-order valence-corrected chi connectivity index (χ0v) is 24.0. The number of amides is 2. The van der Waals surface area contributed by atoms with E-state index in [1.165, 1.54) is 6.92 Å². The summed E-state index contributed by atoms with van der Waals surface area (Å²) in [6, 6.07) is 10.4. The first kappa shape index (κ1) is 33.2. The maximum absolute atomic E-state index is 13.4. The van der Waals surface area contributed by atoms with E-state index in [1.54, 1.807) is 20.8 Å². The molecule has 2 amide bonds. The predicted molar refractivity (Wildman–Crippen MR) is 146 cm³/mol. The van der Waals surface area contributed by atoms with Gasteiger partial charge in [-0.05, 0) is 82.7 Å². The molecule has 42 heavy (non-hydrogen) atoms. The summed E-state index contributed by atoms with van der Waals surface area (Å²) in [6.45, 7) is 7.44. The molecular weight excluding hydrogens is 564 g/mol. The second-order valence-electron chi connectivity index (χ2n) is 11.7. The lowest BCUT2D eigenvalue weighted by Gasteiger charge is -2.42. The average Bonchev–Trinajstić information content (AvgIpc) is 2.90. The number of carbonyl (C=O) groups is 2. The maximum Gasteiger partial charge on any atom is 0.416 e. The number of rotatable bonds is 8. The first-order chi connectivity index (χ1) is 19.4. The lowest BCUT2D eigenvalue weighted by atomic mass is 9.74. The highest BCUT2D eigenvalue weighted by molar-refractivity contribution is 5.84. The van der Waals surface area contributed by atoms with Gasteiger partial charge >= 0.3 is 18.4 Å². The molecular formula is C30H37F6N3O3. The molecule has 3 rings (SSSR count). The largest absolute Gasteiger partial charge is 0.444 e. The molecule has 1 aliphatic carbocycles. The van der Waals surface area contributed by atoms with Crippen molar-refractivity contribution in [2.45, 2.75) is 88.8 Å². The van der Waals surface area contributed by atoms with Gasteiger partial charge in [-0.3, -0.25) is 4.79 Å². The zero-order chi connectivity index (χ0) is 31.3. The van der Waals surface area contributed by atoms with Gasteiger partial charge in [0.2, 0.25) is 5.91 Å². The Morgan fingerprint density at radius 3 is 1.95 bits per heavy atom. The molecule has 0 radical (unpaired) electrons. The molecule has 1 saturated carbocycles. The summed E-state index contributed by atoms with van der Waals surface area (Å²) >= 11 is 0. The summed E-state index contributed by atoms with van der Waals surface area (Å²) < 4.78 is 85.7. The van der Waals surface area contributed by atoms with Gasteiger partial charge in [0.1, 0.15) is 5.60 Å². The molecule has 1 aliphatic rings. The molecule has 232 valence electrons. The lowest BCUT2D eigenvalue weighted by Crippen LogP contribution is -2.52. The van der Waals surface area contributed by atoms with E-state index in [-0.39, 0.29) is 17.7 Å². The minimum atomic E-state index is -5.01. The maximum atomic E-state index is 13.4. The quantitative estimate of drug-likeness (QED) is 0.227. The van der Waals surface area contributed by atoms with Gasteiger partial charge in [-0.1, -0.05) is 30.3 Å². The van der Waals surface area contributed by atoms with Crippen LogP contribution in [0.4, 0.5) is 31.1 Å². The third-order valence-corrected chi connectivity index (χ3v) is 7.26. The smallest absolute Gasteiger partial charge is 0.416 e. The molecule has 0 aromatic heterocycles. The fraction of sp³-hybridized carbons (Fsp3) is 0.533. The summed E-state index contributed by atoms with van der Waals surface area (Å²) in [5, 5.41) is 9.04. The van der Waals surface area contributed by atoms with E-state index in [2.05, 4.69) is 16.0 Å². The lowest BCUT2D eigenvalue weighted by molar-refractivity contribution is -0.143. The van der Waals surface area contributed by atoms with Gasteiger partial charge in [-0.2, -0.15) is 26.3 Å². The first-order valence-electron chi connectivity index (χ1n) is 13.8. The monoisotopic (exact) mass is 601 g/mol. The predicted octanol–water partition coefficient (Wildman–Crippen LogP) is 6.90. The van der Waals surface area contributed by atoms with Crippen molar-refractivity contribution in [2.24, 2.45) is 0 Å². The molecule has 12 heteroatoms. The van der Waals surface area contributed by atoms with E-state index in [4.69, 9.17) is 4.74 Å². The van der Waals surface area contributed by atoms with E-state index in [1.807, 2.05) is 30.3 Å². The number of alkyl carbamates (subject to hydrolysis) is 1. The van der Waals surface area contributed by atoms with Crippen LogP contribution in [0, 0.1) is 0 Å². The summed E-state index contributed by atoms with van der Waals surface area (Å²) in [4.78, 5) is 25.3. The average molecular weight is 602 g/mol. The third kappa shape index (κ3) is 9.11. The van der Waals surface area contributed by atoms with Crippen molar-refractivity contribution < 1.29 is 40.7 Å². The zero-order valence-electron chi connectivity index (χ0n) is 24.0. The topological polar surface area (TPSA) is 79.5 Å². The molecule has 0 heterocycles. The van der Waals surface area contributed by atoms with Gasteiger partial charge in [0, 0.05) is 19.1 Å². The number of hydrogen-bond donors (Lipinski definition) is 3. The molecule has 0 bridgehead atoms. The highest BCUT2D eigenvalue weighted by atomic mass is 19.4. The van der Waals surface area contributed by atoms with E-state index in [0.717, 1.165) is 5.56 Å². The Kier molecular flexibility index (Phi) is 10.2. The van der Waals surface area contributed by atoms with Gasteiger partial charge in [-0.25, -0.2) is 4.79 Å². The fourth-order valence-electron chi connectivity index (χ4n) is 5.04. The number of benzene rings is 2. The Labute approximate surface area is 241 Å². The number of alkyl halides is 6. The molecule has 1 fully saturated rings. The molecule has 2 aromatic rings. The second-order valence-corrected chi connectivity index (χ2v) is 11.7. The summed E-state index contributed by atoms with van der Waals surface area (Å²) in [5.41, 5.74) is -3.95. The van der Waals surface area contributed by atoms with E-state index in [0.29, 0.717) is 50.9 Å². The van der Waals surface area contributed by atoms with Crippen molar-refractivity contribution in [1.29, 1.82) is 0 Å². The van der Waals surface area contributed by atoms with Crippen LogP contribution in [0.25, 0.3) is 0 Å². The van der Waals surface area contributed by atoms with Gasteiger partial charge in [0.05, 0.1) is 22.6 Å². The van der Waals surface area contributed by atoms with Crippen molar-refractivity contribution >= 4 is 12.0 Å². The van der Waals surface area contributed by atoms with Crippen LogP contribution in [0.15, 0.2) is 48.5 Å². The molecule has 6 nitrogen and oxygen atoms in total. The summed E-state index contributed by atoms with van der Waals surface area (Å²) in [5.74, 6) is -1.94. The van der Waals surface area contributed by atoms with Crippen LogP contribution < -0.4 is 16.0 Å². The molecule has 0 saturated heterocycles. The van der Waals surface area contributed by atoms with Crippen molar-refractivity contribution in [3.8, 4) is 0 Å². The molecule has 1 unspecified atom stereocenters. The fourth-order valence-corrected chi connectivity index (χ4v) is 5.04. The van der Waals surface area contributed by atoms with Gasteiger partial charge in [0.15, 0.2) is 0 Å². The third-order valence-electron chi connectivity index (χ3n) is 7.26. The van der Waals surface area contributed by atoms with Gasteiger partial charge in [0.25, 0.3) is 0 Å². The van der Waals surface area contributed by atoms with Gasteiger partial charge < -0.3 is 20.7 Å². The number of nitrogens with one attached hydrogen (secondary N) is 3. The molecule has 2 aromatic carbocycles. The van der Waals surface area contributed by atoms with Crippen LogP contribution in [-0.4, -0.2) is 36.7 Å². The molecule has 0 spiro atoms. The minimum absolute atomic E-state index is 0.0525. The number of halogens is 6. The summed E-state index contributed by atoms with van der Waals surface area (Å²) in [6.07, 6.45) is -8.28. The van der Waals surface area contributed by atoms with Crippen molar-refractivity contribution in [3.63, 3.8) is 0 Å². The second kappa shape index (κ2) is 12.9. The first-order valence-corrected chi connectivity index (χ1v) is 13.8.